The molecule has 2 heterocycles. The Hall–Kier alpha value is -4.34. The van der Waals surface area contributed by atoms with Crippen LogP contribution in [0.15, 0.2) is 72.9 Å². The molecule has 0 aliphatic rings. The van der Waals surface area contributed by atoms with Gasteiger partial charge < -0.3 is 23.5 Å². The van der Waals surface area contributed by atoms with Gasteiger partial charge in [0.1, 0.15) is 18.0 Å². The number of anilines is 1. The van der Waals surface area contributed by atoms with Crippen molar-refractivity contribution in [2.75, 3.05) is 51.9 Å². The minimum Gasteiger partial charge on any atom is -0.495 e. The van der Waals surface area contributed by atoms with Crippen LogP contribution in [0.1, 0.15) is 68.9 Å². The van der Waals surface area contributed by atoms with Crippen molar-refractivity contribution in [3.63, 3.8) is 0 Å². The number of carbonyl (C=O) groups excluding carboxylic acids is 3. The first-order valence-electron chi connectivity index (χ1n) is 16.5. The van der Waals surface area contributed by atoms with Crippen molar-refractivity contribution in [3.05, 3.63) is 84.2 Å². The van der Waals surface area contributed by atoms with Gasteiger partial charge in [0.05, 0.1) is 37.6 Å². The van der Waals surface area contributed by atoms with E-state index in [4.69, 9.17) is 14.2 Å². The van der Waals surface area contributed by atoms with E-state index in [1.165, 1.54) is 12.0 Å². The molecule has 0 atom stereocenters. The van der Waals surface area contributed by atoms with Crippen LogP contribution in [0.4, 0.5) is 5.69 Å². The lowest BCUT2D eigenvalue weighted by Crippen LogP contribution is -2.39. The quantitative estimate of drug-likeness (QED) is 0.0798. The summed E-state index contributed by atoms with van der Waals surface area (Å²) in [6.45, 7) is 8.41. The number of rotatable bonds is 18. The van der Waals surface area contributed by atoms with Gasteiger partial charge in [-0.25, -0.2) is 0 Å². The summed E-state index contributed by atoms with van der Waals surface area (Å²) in [7, 11) is 3.09. The van der Waals surface area contributed by atoms with Crippen molar-refractivity contribution >= 4 is 41.3 Å². The number of nitrogens with zero attached hydrogens (tertiary/aromatic N) is 3. The van der Waals surface area contributed by atoms with Gasteiger partial charge in [0.25, 0.3) is 0 Å². The molecule has 0 aliphatic carbocycles. The number of methoxy groups -OCH3 is 2. The summed E-state index contributed by atoms with van der Waals surface area (Å²) < 4.78 is 18.7. The fourth-order valence-corrected chi connectivity index (χ4v) is 5.79. The lowest BCUT2D eigenvalue weighted by atomic mass is 9.99. The van der Waals surface area contributed by atoms with Crippen molar-refractivity contribution in [1.29, 1.82) is 0 Å². The first-order chi connectivity index (χ1) is 22.9. The maximum Gasteiger partial charge on any atom is 0.326 e. The largest absolute Gasteiger partial charge is 0.495 e. The summed E-state index contributed by atoms with van der Waals surface area (Å²) in [4.78, 5) is 44.6. The standard InChI is InChI=1S/C38H47N3O6.ClH/c1-6-9-22-39(23-10-7-2)25-21-33(42)41(27-34(43)47-8-3)30-20-19-29(26-32(30)45-4)37(44)36-35(28-16-12-11-13-17-28)38(46-5)31-18-14-15-24-40(31)36;/h11-20,24,26H,6-10,21-23,25,27H2,1-5H3;1H. The number of aromatic nitrogens is 1. The highest BCUT2D eigenvalue weighted by molar-refractivity contribution is 6.15. The van der Waals surface area contributed by atoms with Crippen molar-refractivity contribution < 1.29 is 28.6 Å². The second-order valence-electron chi connectivity index (χ2n) is 11.4. The Bertz CT molecular complexity index is 1650. The normalized spacial score (nSPS) is 10.9. The molecule has 4 aromatic rings. The fourth-order valence-electron chi connectivity index (χ4n) is 5.79. The average molecular weight is 678 g/mol. The molecular weight excluding hydrogens is 630 g/mol. The molecule has 0 unspecified atom stereocenters. The predicted octanol–water partition coefficient (Wildman–Crippen LogP) is 7.46. The van der Waals surface area contributed by atoms with Crippen molar-refractivity contribution in [1.82, 2.24) is 9.30 Å². The predicted molar refractivity (Wildman–Crippen MR) is 193 cm³/mol. The monoisotopic (exact) mass is 677 g/mol. The summed E-state index contributed by atoms with van der Waals surface area (Å²) in [6.07, 6.45) is 6.34. The summed E-state index contributed by atoms with van der Waals surface area (Å²) in [6, 6.07) is 20.3. The minimum atomic E-state index is -0.517. The number of benzene rings is 2. The van der Waals surface area contributed by atoms with Crippen molar-refractivity contribution in [2.24, 2.45) is 0 Å². The van der Waals surface area contributed by atoms with Crippen LogP contribution in [-0.2, 0) is 14.3 Å². The molecule has 258 valence electrons. The fraction of sp³-hybridized carbons (Fsp3) is 0.395. The highest BCUT2D eigenvalue weighted by Gasteiger charge is 2.28. The highest BCUT2D eigenvalue weighted by Crippen LogP contribution is 2.41. The van der Waals surface area contributed by atoms with Gasteiger partial charge in [-0.2, -0.15) is 0 Å². The number of carbonyl (C=O) groups is 3. The number of ether oxygens (including phenoxy) is 3. The van der Waals surface area contributed by atoms with Crippen LogP contribution in [0.3, 0.4) is 0 Å². The van der Waals surface area contributed by atoms with Gasteiger partial charge in [-0.3, -0.25) is 19.3 Å². The molecule has 10 heteroatoms. The molecule has 0 N–H and O–H groups in total. The Morgan fingerprint density at radius 3 is 2.12 bits per heavy atom. The molecule has 4 rings (SSSR count). The number of fused-ring (bicyclic) bond motifs is 1. The molecule has 0 saturated heterocycles. The molecule has 0 spiro atoms. The van der Waals surface area contributed by atoms with E-state index in [-0.39, 0.29) is 43.7 Å². The van der Waals surface area contributed by atoms with E-state index in [2.05, 4.69) is 18.7 Å². The zero-order chi connectivity index (χ0) is 33.8. The smallest absolute Gasteiger partial charge is 0.326 e. The Labute approximate surface area is 290 Å². The van der Waals surface area contributed by atoms with E-state index in [1.54, 1.807) is 32.2 Å². The Balaban J connectivity index is 0.00000625. The summed E-state index contributed by atoms with van der Waals surface area (Å²) in [5, 5.41) is 0. The van der Waals surface area contributed by atoms with E-state index < -0.39 is 5.97 Å². The minimum absolute atomic E-state index is 0. The van der Waals surface area contributed by atoms with Gasteiger partial charge in [-0.05, 0) is 68.8 Å². The topological polar surface area (TPSA) is 89.8 Å². The summed E-state index contributed by atoms with van der Waals surface area (Å²) >= 11 is 0. The van der Waals surface area contributed by atoms with Gasteiger partial charge >= 0.3 is 5.97 Å². The van der Waals surface area contributed by atoms with Crippen molar-refractivity contribution in [2.45, 2.75) is 52.9 Å². The molecule has 2 aromatic heterocycles. The first-order valence-corrected chi connectivity index (χ1v) is 16.5. The number of hydrogen-bond acceptors (Lipinski definition) is 7. The molecule has 0 saturated carbocycles. The van der Waals surface area contributed by atoms with Crippen molar-refractivity contribution in [3.8, 4) is 22.6 Å². The molecule has 9 nitrogen and oxygen atoms in total. The molecule has 0 aliphatic heterocycles. The van der Waals surface area contributed by atoms with E-state index in [0.717, 1.165) is 49.9 Å². The van der Waals surface area contributed by atoms with Gasteiger partial charge in [-0.1, -0.05) is 63.1 Å². The first kappa shape index (κ1) is 38.1. The highest BCUT2D eigenvalue weighted by atomic mass is 35.5. The maximum absolute atomic E-state index is 14.4. The molecular formula is C38H48ClN3O6. The Morgan fingerprint density at radius 1 is 0.812 bits per heavy atom. The number of pyridine rings is 1. The van der Waals surface area contributed by atoms with Gasteiger partial charge in [0.2, 0.25) is 11.7 Å². The second-order valence-corrected chi connectivity index (χ2v) is 11.4. The SMILES string of the molecule is CCCCN(CCCC)CCC(=O)N(CC(=O)OCC)c1ccc(C(=O)c2c(-c3ccccc3)c(OC)c3ccccn23)cc1OC.Cl. The second kappa shape index (κ2) is 18.9. The molecule has 2 aromatic carbocycles. The lowest BCUT2D eigenvalue weighted by molar-refractivity contribution is -0.142. The van der Waals surface area contributed by atoms with Crippen LogP contribution >= 0.6 is 12.4 Å². The van der Waals surface area contributed by atoms with Crippen LogP contribution in [0, 0.1) is 0 Å². The number of ketones is 1. The van der Waals surface area contributed by atoms with Crippen LogP contribution < -0.4 is 14.4 Å². The molecule has 0 bridgehead atoms. The van der Waals surface area contributed by atoms with E-state index in [9.17, 15) is 14.4 Å². The van der Waals surface area contributed by atoms with Gasteiger partial charge in [0.15, 0.2) is 5.75 Å². The number of hydrogen-bond donors (Lipinski definition) is 0. The van der Waals surface area contributed by atoms with E-state index in [1.807, 2.05) is 59.1 Å². The number of halogens is 1. The molecule has 1 amide bonds. The molecule has 0 fully saturated rings. The zero-order valence-corrected chi connectivity index (χ0v) is 29.5. The maximum atomic E-state index is 14.4. The van der Waals surface area contributed by atoms with Gasteiger partial charge in [-0.15, -0.1) is 12.4 Å². The summed E-state index contributed by atoms with van der Waals surface area (Å²) in [5.74, 6) is -0.0829. The van der Waals surface area contributed by atoms with Crippen LogP contribution in [0.2, 0.25) is 0 Å². The van der Waals surface area contributed by atoms with E-state index in [0.29, 0.717) is 40.6 Å². The average Bonchev–Trinajstić information content (AvgIpc) is 3.44. The Morgan fingerprint density at radius 2 is 1.50 bits per heavy atom. The van der Waals surface area contributed by atoms with Crippen LogP contribution in [-0.4, -0.2) is 74.0 Å². The molecule has 48 heavy (non-hydrogen) atoms. The molecule has 0 radical (unpaired) electrons. The third kappa shape index (κ3) is 8.96. The van der Waals surface area contributed by atoms with E-state index >= 15 is 0 Å². The van der Waals surface area contributed by atoms with Crippen LogP contribution in [0.5, 0.6) is 11.5 Å². The zero-order valence-electron chi connectivity index (χ0n) is 28.7. The lowest BCUT2D eigenvalue weighted by Gasteiger charge is -2.26. The van der Waals surface area contributed by atoms with Crippen LogP contribution in [0.25, 0.3) is 16.6 Å². The van der Waals surface area contributed by atoms with Gasteiger partial charge in [0, 0.05) is 24.7 Å². The number of esters is 1. The number of unbranched alkanes of at least 4 members (excludes halogenated alkanes) is 2. The third-order valence-corrected chi connectivity index (χ3v) is 8.20. The third-order valence-electron chi connectivity index (χ3n) is 8.20. The summed E-state index contributed by atoms with van der Waals surface area (Å²) in [5.41, 5.74) is 3.50. The number of amides is 1. The Kier molecular flexibility index (Phi) is 15.0.